The van der Waals surface area contributed by atoms with Crippen molar-refractivity contribution in [1.29, 1.82) is 0 Å². The molecule has 0 radical (unpaired) electrons. The van der Waals surface area contributed by atoms with Crippen molar-refractivity contribution < 1.29 is 14.4 Å². The van der Waals surface area contributed by atoms with E-state index < -0.39 is 6.16 Å². The van der Waals surface area contributed by atoms with E-state index in [-0.39, 0.29) is 0 Å². The summed E-state index contributed by atoms with van der Waals surface area (Å²) >= 11 is 1.59. The van der Waals surface area contributed by atoms with Crippen LogP contribution in [0.25, 0.3) is 11.0 Å². The molecule has 0 saturated carbocycles. The van der Waals surface area contributed by atoms with Crippen molar-refractivity contribution in [1.82, 2.24) is 15.2 Å². The maximum atomic E-state index is 11.3. The Labute approximate surface area is 102 Å². The molecule has 0 aliphatic heterocycles. The highest BCUT2D eigenvalue weighted by Crippen LogP contribution is 2.08. The Morgan fingerprint density at radius 1 is 1.47 bits per heavy atom. The lowest BCUT2D eigenvalue weighted by molar-refractivity contribution is 0.0434. The van der Waals surface area contributed by atoms with E-state index in [1.165, 1.54) is 0 Å². The molecule has 0 bridgehead atoms. The van der Waals surface area contributed by atoms with Gasteiger partial charge in [-0.1, -0.05) is 17.0 Å². The Morgan fingerprint density at radius 3 is 3.12 bits per heavy atom. The molecular formula is C10H11N3O3S. The van der Waals surface area contributed by atoms with Crippen molar-refractivity contribution in [2.24, 2.45) is 0 Å². The third-order valence-corrected chi connectivity index (χ3v) is 2.56. The average Bonchev–Trinajstić information content (AvgIpc) is 2.73. The molecule has 90 valence electrons. The molecule has 0 atom stereocenters. The molecule has 0 unspecified atom stereocenters. The SMILES string of the molecule is CSCCOC(=O)On1nnc2ccccc21. The zero-order chi connectivity index (χ0) is 12.1. The number of fused-ring (bicyclic) bond motifs is 1. The maximum Gasteiger partial charge on any atom is 0.535 e. The van der Waals surface area contributed by atoms with Gasteiger partial charge < -0.3 is 4.74 Å². The Kier molecular flexibility index (Phi) is 3.81. The average molecular weight is 253 g/mol. The van der Waals surface area contributed by atoms with Crippen LogP contribution >= 0.6 is 11.8 Å². The smallest absolute Gasteiger partial charge is 0.432 e. The number of hydrogen-bond donors (Lipinski definition) is 0. The highest BCUT2D eigenvalue weighted by atomic mass is 32.2. The number of aromatic nitrogens is 3. The monoisotopic (exact) mass is 253 g/mol. The summed E-state index contributed by atoms with van der Waals surface area (Å²) in [7, 11) is 0. The maximum absolute atomic E-state index is 11.3. The molecule has 0 saturated heterocycles. The van der Waals surface area contributed by atoms with Crippen LogP contribution in [0.3, 0.4) is 0 Å². The van der Waals surface area contributed by atoms with Gasteiger partial charge in [-0.15, -0.1) is 5.10 Å². The third kappa shape index (κ3) is 2.88. The number of rotatable bonds is 4. The number of thioether (sulfide) groups is 1. The summed E-state index contributed by atoms with van der Waals surface area (Å²) in [6.07, 6.45) is 1.15. The van der Waals surface area contributed by atoms with Crippen LogP contribution in [0.1, 0.15) is 0 Å². The van der Waals surface area contributed by atoms with Crippen LogP contribution in [0.4, 0.5) is 4.79 Å². The van der Waals surface area contributed by atoms with Crippen LogP contribution in [-0.2, 0) is 4.74 Å². The van der Waals surface area contributed by atoms with Crippen LogP contribution in [0.2, 0.25) is 0 Å². The summed E-state index contributed by atoms with van der Waals surface area (Å²) < 4.78 is 4.83. The summed E-state index contributed by atoms with van der Waals surface area (Å²) in [5.41, 5.74) is 1.28. The Bertz CT molecular complexity index is 514. The van der Waals surface area contributed by atoms with E-state index in [2.05, 4.69) is 10.3 Å². The van der Waals surface area contributed by atoms with Crippen LogP contribution in [-0.4, -0.2) is 39.9 Å². The summed E-state index contributed by atoms with van der Waals surface area (Å²) in [6, 6.07) is 7.18. The van der Waals surface area contributed by atoms with Gasteiger partial charge in [0, 0.05) is 5.75 Å². The molecule has 2 rings (SSSR count). The molecule has 1 aromatic carbocycles. The van der Waals surface area contributed by atoms with Gasteiger partial charge >= 0.3 is 6.16 Å². The van der Waals surface area contributed by atoms with Crippen LogP contribution in [0.5, 0.6) is 0 Å². The van der Waals surface area contributed by atoms with Gasteiger partial charge in [-0.05, 0) is 23.6 Å². The molecule has 17 heavy (non-hydrogen) atoms. The van der Waals surface area contributed by atoms with Gasteiger partial charge in [0.1, 0.15) is 17.6 Å². The minimum absolute atomic E-state index is 0.312. The quantitative estimate of drug-likeness (QED) is 0.465. The number of benzene rings is 1. The first-order valence-electron chi connectivity index (χ1n) is 4.96. The number of para-hydroxylation sites is 1. The summed E-state index contributed by atoms with van der Waals surface area (Å²) in [5, 5.41) is 7.55. The predicted octanol–water partition coefficient (Wildman–Crippen LogP) is 1.36. The lowest BCUT2D eigenvalue weighted by atomic mass is 10.3. The standard InChI is InChI=1S/C10H11N3O3S/c1-17-7-6-15-10(14)16-13-9-5-3-2-4-8(9)11-12-13/h2-5H,6-7H2,1H3. The summed E-state index contributed by atoms with van der Waals surface area (Å²) in [4.78, 5) is 17.2. The van der Waals surface area contributed by atoms with Gasteiger partial charge in [0.25, 0.3) is 0 Å². The molecule has 0 amide bonds. The van der Waals surface area contributed by atoms with Gasteiger partial charge in [0.05, 0.1) is 0 Å². The van der Waals surface area contributed by atoms with E-state index in [9.17, 15) is 4.79 Å². The second-order valence-corrected chi connectivity index (χ2v) is 4.12. The first-order chi connectivity index (χ1) is 8.31. The van der Waals surface area contributed by atoms with Gasteiger partial charge in [-0.2, -0.15) is 11.8 Å². The number of carbonyl (C=O) groups is 1. The number of hydrogen-bond acceptors (Lipinski definition) is 6. The Balaban J connectivity index is 2.01. The minimum Gasteiger partial charge on any atom is -0.432 e. The molecule has 1 heterocycles. The first-order valence-corrected chi connectivity index (χ1v) is 6.35. The number of ether oxygens (including phenoxy) is 1. The molecule has 2 aromatic rings. The highest BCUT2D eigenvalue weighted by molar-refractivity contribution is 7.98. The Hall–Kier alpha value is -1.76. The van der Waals surface area contributed by atoms with Gasteiger partial charge in [-0.25, -0.2) is 4.79 Å². The fraction of sp³-hybridized carbons (Fsp3) is 0.300. The van der Waals surface area contributed by atoms with Crippen molar-refractivity contribution >= 4 is 29.0 Å². The largest absolute Gasteiger partial charge is 0.535 e. The first kappa shape index (κ1) is 11.7. The third-order valence-electron chi connectivity index (χ3n) is 1.99. The molecule has 0 aliphatic carbocycles. The highest BCUT2D eigenvalue weighted by Gasteiger charge is 2.10. The molecule has 7 heteroatoms. The van der Waals surface area contributed by atoms with Crippen LogP contribution in [0, 0.1) is 0 Å². The van der Waals surface area contributed by atoms with E-state index in [1.807, 2.05) is 18.4 Å². The van der Waals surface area contributed by atoms with Crippen LogP contribution < -0.4 is 4.84 Å². The molecule has 0 spiro atoms. The topological polar surface area (TPSA) is 66.2 Å². The lowest BCUT2D eigenvalue weighted by Gasteiger charge is -2.03. The van der Waals surface area contributed by atoms with Crippen molar-refractivity contribution in [3.63, 3.8) is 0 Å². The fourth-order valence-electron chi connectivity index (χ4n) is 1.22. The van der Waals surface area contributed by atoms with Crippen molar-refractivity contribution in [2.75, 3.05) is 18.6 Å². The molecule has 0 fully saturated rings. The minimum atomic E-state index is -0.783. The van der Waals surface area contributed by atoms with E-state index in [4.69, 9.17) is 9.57 Å². The van der Waals surface area contributed by atoms with E-state index >= 15 is 0 Å². The normalized spacial score (nSPS) is 10.4. The predicted molar refractivity (Wildman–Crippen MR) is 63.8 cm³/mol. The molecule has 0 N–H and O–H groups in total. The lowest BCUT2D eigenvalue weighted by Crippen LogP contribution is -2.22. The van der Waals surface area contributed by atoms with Crippen molar-refractivity contribution in [3.8, 4) is 0 Å². The zero-order valence-electron chi connectivity index (χ0n) is 9.20. The molecular weight excluding hydrogens is 242 g/mol. The van der Waals surface area contributed by atoms with Gasteiger partial charge in [0.2, 0.25) is 0 Å². The van der Waals surface area contributed by atoms with E-state index in [1.54, 1.807) is 23.9 Å². The van der Waals surface area contributed by atoms with Gasteiger partial charge in [-0.3, -0.25) is 4.84 Å². The van der Waals surface area contributed by atoms with E-state index in [0.717, 1.165) is 10.6 Å². The summed E-state index contributed by atoms with van der Waals surface area (Å²) in [6.45, 7) is 0.312. The number of nitrogens with zero attached hydrogens (tertiary/aromatic N) is 3. The van der Waals surface area contributed by atoms with E-state index in [0.29, 0.717) is 17.6 Å². The van der Waals surface area contributed by atoms with Crippen molar-refractivity contribution in [3.05, 3.63) is 24.3 Å². The molecule has 1 aromatic heterocycles. The second-order valence-electron chi connectivity index (χ2n) is 3.13. The fourth-order valence-corrected chi connectivity index (χ4v) is 1.47. The zero-order valence-corrected chi connectivity index (χ0v) is 10.0. The van der Waals surface area contributed by atoms with Gasteiger partial charge in [0.15, 0.2) is 0 Å². The van der Waals surface area contributed by atoms with Crippen LogP contribution in [0.15, 0.2) is 24.3 Å². The second kappa shape index (κ2) is 5.53. The number of carbonyl (C=O) groups excluding carboxylic acids is 1. The molecule has 0 aliphatic rings. The summed E-state index contributed by atoms with van der Waals surface area (Å²) in [5.74, 6) is 0.729. The Morgan fingerprint density at radius 2 is 2.29 bits per heavy atom. The van der Waals surface area contributed by atoms with Crippen molar-refractivity contribution in [2.45, 2.75) is 0 Å². The molecule has 6 nitrogen and oxygen atoms in total.